The van der Waals surface area contributed by atoms with E-state index in [0.29, 0.717) is 38.3 Å². The maximum absolute atomic E-state index is 12.8. The van der Waals surface area contributed by atoms with Crippen molar-refractivity contribution in [1.82, 2.24) is 14.6 Å². The lowest BCUT2D eigenvalue weighted by Gasteiger charge is -2.33. The third-order valence-electron chi connectivity index (χ3n) is 5.00. The average molecular weight is 509 g/mol. The van der Waals surface area contributed by atoms with E-state index in [1.165, 1.54) is 4.31 Å². The van der Waals surface area contributed by atoms with Gasteiger partial charge in [0.1, 0.15) is 5.75 Å². The molecule has 2 N–H and O–H groups in total. The van der Waals surface area contributed by atoms with E-state index in [1.54, 1.807) is 48.5 Å². The Morgan fingerprint density at radius 1 is 1.06 bits per heavy atom. The molecule has 0 radical (unpaired) electrons. The number of benzene rings is 2. The second-order valence-corrected chi connectivity index (χ2v) is 9.98. The molecule has 1 saturated heterocycles. The van der Waals surface area contributed by atoms with E-state index in [4.69, 9.17) is 0 Å². The molecule has 1 aliphatic rings. The molecule has 1 fully saturated rings. The quantitative estimate of drug-likeness (QED) is 0.441. The first-order valence-corrected chi connectivity index (χ1v) is 12.2. The molecule has 3 rings (SSSR count). The molecule has 0 atom stereocenters. The highest BCUT2D eigenvalue weighted by atomic mass is 79.9. The highest BCUT2D eigenvalue weighted by molar-refractivity contribution is 9.10. The van der Waals surface area contributed by atoms with Crippen molar-refractivity contribution < 1.29 is 18.3 Å². The number of rotatable bonds is 7. The smallest absolute Gasteiger partial charge is 0.254 e. The minimum absolute atomic E-state index is 0.141. The molecule has 1 heterocycles. The Hall–Kier alpha value is -2.27. The Labute approximate surface area is 190 Å². The third kappa shape index (κ3) is 6.13. The van der Waals surface area contributed by atoms with Gasteiger partial charge in [-0.3, -0.25) is 9.69 Å². The van der Waals surface area contributed by atoms with Crippen molar-refractivity contribution >= 4 is 37.6 Å². The number of sulfonamides is 1. The Morgan fingerprint density at radius 2 is 1.68 bits per heavy atom. The van der Waals surface area contributed by atoms with E-state index in [1.807, 2.05) is 11.8 Å². The zero-order valence-corrected chi connectivity index (χ0v) is 19.6. The molecule has 2 aromatic rings. The highest BCUT2D eigenvalue weighted by Gasteiger charge is 2.29. The first-order chi connectivity index (χ1) is 14.8. The summed E-state index contributed by atoms with van der Waals surface area (Å²) in [5, 5.41) is 13.6. The molecule has 2 aromatic carbocycles. The van der Waals surface area contributed by atoms with Crippen molar-refractivity contribution in [3.63, 3.8) is 0 Å². The van der Waals surface area contributed by atoms with Gasteiger partial charge in [-0.1, -0.05) is 22.9 Å². The fourth-order valence-corrected chi connectivity index (χ4v) is 4.94. The van der Waals surface area contributed by atoms with Gasteiger partial charge in [-0.05, 0) is 60.5 Å². The highest BCUT2D eigenvalue weighted by Crippen LogP contribution is 2.20. The molecule has 0 aliphatic carbocycles. The van der Waals surface area contributed by atoms with Crippen LogP contribution in [0.2, 0.25) is 0 Å². The number of phenols is 1. The number of carbonyl (C=O) groups excluding carboxylic acids is 1. The summed E-state index contributed by atoms with van der Waals surface area (Å²) >= 11 is 3.31. The zero-order chi connectivity index (χ0) is 22.4. The second-order valence-electron chi connectivity index (χ2n) is 7.13. The number of phenolic OH excluding ortho intramolecular Hbond substituents is 1. The maximum Gasteiger partial charge on any atom is 0.254 e. The summed E-state index contributed by atoms with van der Waals surface area (Å²) in [4.78, 5) is 14.5. The van der Waals surface area contributed by atoms with Gasteiger partial charge in [0.25, 0.3) is 5.91 Å². The molecule has 0 spiro atoms. The van der Waals surface area contributed by atoms with Crippen LogP contribution in [0.3, 0.4) is 0 Å². The van der Waals surface area contributed by atoms with Crippen LogP contribution >= 0.6 is 15.9 Å². The maximum atomic E-state index is 12.8. The zero-order valence-electron chi connectivity index (χ0n) is 17.2. The number of halogens is 1. The van der Waals surface area contributed by atoms with Crippen molar-refractivity contribution in [1.29, 1.82) is 0 Å². The second kappa shape index (κ2) is 10.4. The Morgan fingerprint density at radius 3 is 2.26 bits per heavy atom. The van der Waals surface area contributed by atoms with Crippen LogP contribution in [0.5, 0.6) is 5.75 Å². The van der Waals surface area contributed by atoms with E-state index in [-0.39, 0.29) is 23.1 Å². The number of amides is 1. The van der Waals surface area contributed by atoms with Crippen LogP contribution in [0, 0.1) is 0 Å². The number of nitrogens with zero attached hydrogens (tertiary/aromatic N) is 3. The van der Waals surface area contributed by atoms with Gasteiger partial charge in [-0.25, -0.2) is 13.8 Å². The molecule has 0 saturated carbocycles. The van der Waals surface area contributed by atoms with Crippen molar-refractivity contribution in [2.75, 3.05) is 32.7 Å². The predicted octanol–water partition coefficient (Wildman–Crippen LogP) is 2.39. The van der Waals surface area contributed by atoms with Gasteiger partial charge in [-0.15, -0.1) is 0 Å². The van der Waals surface area contributed by atoms with Crippen molar-refractivity contribution in [2.45, 2.75) is 18.2 Å². The van der Waals surface area contributed by atoms with Crippen LogP contribution in [0.15, 0.2) is 63.0 Å². The van der Waals surface area contributed by atoms with Gasteiger partial charge in [0.2, 0.25) is 10.0 Å². The SMILES string of the molecule is CC/C(=N\NC(=O)CN1CCN(S(=O)(=O)c2ccc(Br)cc2)CC1)c1ccc(O)cc1. The van der Waals surface area contributed by atoms with Gasteiger partial charge in [0, 0.05) is 30.7 Å². The fraction of sp³-hybridized carbons (Fsp3) is 0.333. The van der Waals surface area contributed by atoms with Gasteiger partial charge >= 0.3 is 0 Å². The van der Waals surface area contributed by atoms with Crippen LogP contribution in [0.25, 0.3) is 0 Å². The van der Waals surface area contributed by atoms with Crippen molar-refractivity contribution in [3.05, 3.63) is 58.6 Å². The number of hydrazone groups is 1. The molecular formula is C21H25BrN4O4S. The van der Waals surface area contributed by atoms with Crippen LogP contribution in [-0.4, -0.2) is 67.1 Å². The first-order valence-electron chi connectivity index (χ1n) is 9.92. The van der Waals surface area contributed by atoms with E-state index < -0.39 is 10.0 Å². The molecule has 166 valence electrons. The van der Waals surface area contributed by atoms with E-state index >= 15 is 0 Å². The number of piperazine rings is 1. The topological polar surface area (TPSA) is 102 Å². The molecule has 0 unspecified atom stereocenters. The first kappa shape index (κ1) is 23.4. The summed E-state index contributed by atoms with van der Waals surface area (Å²) in [6, 6.07) is 13.2. The van der Waals surface area contributed by atoms with E-state index in [9.17, 15) is 18.3 Å². The summed E-state index contributed by atoms with van der Waals surface area (Å²) in [6.45, 7) is 3.65. The lowest BCUT2D eigenvalue weighted by molar-refractivity contribution is -0.122. The number of nitrogens with one attached hydrogen (secondary N) is 1. The minimum atomic E-state index is -3.54. The lowest BCUT2D eigenvalue weighted by atomic mass is 10.1. The summed E-state index contributed by atoms with van der Waals surface area (Å²) in [7, 11) is -3.54. The lowest BCUT2D eigenvalue weighted by Crippen LogP contribution is -2.50. The van der Waals surface area contributed by atoms with Crippen LogP contribution in [-0.2, 0) is 14.8 Å². The molecular weight excluding hydrogens is 484 g/mol. The van der Waals surface area contributed by atoms with Gasteiger partial charge in [0.15, 0.2) is 0 Å². The Kier molecular flexibility index (Phi) is 7.82. The molecule has 8 nitrogen and oxygen atoms in total. The van der Waals surface area contributed by atoms with Gasteiger partial charge < -0.3 is 5.11 Å². The molecule has 1 aliphatic heterocycles. The van der Waals surface area contributed by atoms with Crippen molar-refractivity contribution in [2.24, 2.45) is 5.10 Å². The molecule has 1 amide bonds. The van der Waals surface area contributed by atoms with E-state index in [2.05, 4.69) is 26.5 Å². The molecule has 10 heteroatoms. The number of hydrogen-bond donors (Lipinski definition) is 2. The van der Waals surface area contributed by atoms with Gasteiger partial charge in [0.05, 0.1) is 17.2 Å². The predicted molar refractivity (Wildman–Crippen MR) is 122 cm³/mol. The summed E-state index contributed by atoms with van der Waals surface area (Å²) in [5.41, 5.74) is 4.11. The fourth-order valence-electron chi connectivity index (χ4n) is 3.25. The van der Waals surface area contributed by atoms with Crippen molar-refractivity contribution in [3.8, 4) is 5.75 Å². The average Bonchev–Trinajstić information content (AvgIpc) is 2.76. The van der Waals surface area contributed by atoms with E-state index in [0.717, 1.165) is 10.0 Å². The normalized spacial score (nSPS) is 16.3. The number of aromatic hydroxyl groups is 1. The minimum Gasteiger partial charge on any atom is -0.508 e. The van der Waals surface area contributed by atoms with Crippen LogP contribution < -0.4 is 5.43 Å². The third-order valence-corrected chi connectivity index (χ3v) is 7.44. The molecule has 0 aromatic heterocycles. The molecule has 31 heavy (non-hydrogen) atoms. The summed E-state index contributed by atoms with van der Waals surface area (Å²) in [6.07, 6.45) is 0.623. The largest absolute Gasteiger partial charge is 0.508 e. The standard InChI is InChI=1S/C21H25BrN4O4S/c1-2-20(16-3-7-18(27)8-4-16)23-24-21(28)15-25-11-13-26(14-12-25)31(29,30)19-9-5-17(22)6-10-19/h3-10,27H,2,11-15H2,1H3,(H,24,28)/b23-20+. The number of hydrogen-bond acceptors (Lipinski definition) is 6. The molecule has 0 bridgehead atoms. The monoisotopic (exact) mass is 508 g/mol. The summed E-state index contributed by atoms with van der Waals surface area (Å²) < 4.78 is 27.8. The summed E-state index contributed by atoms with van der Waals surface area (Å²) in [5.74, 6) is -0.0847. The van der Waals surface area contributed by atoms with Crippen LogP contribution in [0.1, 0.15) is 18.9 Å². The van der Waals surface area contributed by atoms with Crippen LogP contribution in [0.4, 0.5) is 0 Å². The van der Waals surface area contributed by atoms with Gasteiger partial charge in [-0.2, -0.15) is 9.41 Å². The number of carbonyl (C=O) groups is 1. The Balaban J connectivity index is 1.52. The Bertz CT molecular complexity index is 1030.